The summed E-state index contributed by atoms with van der Waals surface area (Å²) < 4.78 is 6.27. The lowest BCUT2D eigenvalue weighted by Crippen LogP contribution is -2.15. The predicted octanol–water partition coefficient (Wildman–Crippen LogP) is 0.602. The van der Waals surface area contributed by atoms with E-state index in [2.05, 4.69) is 20.5 Å². The number of pyridine rings is 1. The first-order chi connectivity index (χ1) is 8.70. The Hall–Kier alpha value is -2.31. The van der Waals surface area contributed by atoms with Crippen molar-refractivity contribution in [2.24, 2.45) is 0 Å². The summed E-state index contributed by atoms with van der Waals surface area (Å²) in [6.07, 6.45) is 3.47. The molecule has 2 heterocycles. The second-order valence-electron chi connectivity index (χ2n) is 3.75. The van der Waals surface area contributed by atoms with Gasteiger partial charge in [0, 0.05) is 12.4 Å². The molecule has 0 radical (unpaired) electrons. The molecule has 0 saturated carbocycles. The molecule has 0 bridgehead atoms. The minimum absolute atomic E-state index is 0.0957. The molecule has 7 heteroatoms. The van der Waals surface area contributed by atoms with Gasteiger partial charge in [-0.15, -0.1) is 5.10 Å². The summed E-state index contributed by atoms with van der Waals surface area (Å²) in [5.41, 5.74) is 1.96. The van der Waals surface area contributed by atoms with Gasteiger partial charge in [-0.25, -0.2) is 9.48 Å². The molecule has 0 saturated heterocycles. The van der Waals surface area contributed by atoms with Gasteiger partial charge in [0.05, 0.1) is 13.2 Å². The molecule has 0 unspecified atom stereocenters. The average molecular weight is 247 g/mol. The molecule has 2 aromatic rings. The number of carbonyl (C=O) groups is 1. The van der Waals surface area contributed by atoms with Crippen LogP contribution in [0.15, 0.2) is 18.5 Å². The van der Waals surface area contributed by atoms with Crippen LogP contribution in [-0.4, -0.2) is 37.8 Å². The highest BCUT2D eigenvalue weighted by Gasteiger charge is 2.16. The van der Waals surface area contributed by atoms with Crippen molar-refractivity contribution in [3.63, 3.8) is 0 Å². The second kappa shape index (κ2) is 5.35. The average Bonchev–Trinajstić information content (AvgIpc) is 2.77. The van der Waals surface area contributed by atoms with Gasteiger partial charge in [-0.2, -0.15) is 0 Å². The molecule has 0 aliphatic heterocycles. The maximum Gasteiger partial charge on any atom is 0.378 e. The number of aromatic nitrogens is 5. The van der Waals surface area contributed by atoms with Crippen LogP contribution in [0.5, 0.6) is 0 Å². The maximum absolute atomic E-state index is 11.6. The molecule has 2 aromatic heterocycles. The first-order valence-corrected chi connectivity index (χ1v) is 5.54. The molecular formula is C11H13N5O2. The quantitative estimate of drug-likeness (QED) is 0.736. The molecule has 0 N–H and O–H groups in total. The minimum atomic E-state index is -0.525. The summed E-state index contributed by atoms with van der Waals surface area (Å²) in [7, 11) is 0. The lowest BCUT2D eigenvalue weighted by Gasteiger charge is -2.04. The van der Waals surface area contributed by atoms with Gasteiger partial charge in [0.1, 0.15) is 0 Å². The van der Waals surface area contributed by atoms with Gasteiger partial charge in [0.25, 0.3) is 5.82 Å². The van der Waals surface area contributed by atoms with Crippen LogP contribution in [0.25, 0.3) is 0 Å². The largest absolute Gasteiger partial charge is 0.460 e. The number of carbonyl (C=O) groups excluding carboxylic acids is 1. The monoisotopic (exact) mass is 247 g/mol. The summed E-state index contributed by atoms with van der Waals surface area (Å²) in [6.45, 7) is 4.35. The van der Waals surface area contributed by atoms with E-state index in [0.717, 1.165) is 11.1 Å². The fourth-order valence-electron chi connectivity index (χ4n) is 1.53. The van der Waals surface area contributed by atoms with Crippen molar-refractivity contribution >= 4 is 5.97 Å². The van der Waals surface area contributed by atoms with E-state index in [4.69, 9.17) is 4.74 Å². The summed E-state index contributed by atoms with van der Waals surface area (Å²) in [6, 6.07) is 1.96. The molecule has 7 nitrogen and oxygen atoms in total. The molecule has 18 heavy (non-hydrogen) atoms. The summed E-state index contributed by atoms with van der Waals surface area (Å²) in [5, 5.41) is 10.9. The van der Waals surface area contributed by atoms with Crippen molar-refractivity contribution in [3.05, 3.63) is 35.4 Å². The lowest BCUT2D eigenvalue weighted by atomic mass is 10.2. The number of esters is 1. The van der Waals surface area contributed by atoms with Crippen molar-refractivity contribution in [2.45, 2.75) is 20.4 Å². The van der Waals surface area contributed by atoms with E-state index in [9.17, 15) is 4.79 Å². The van der Waals surface area contributed by atoms with E-state index < -0.39 is 5.97 Å². The van der Waals surface area contributed by atoms with Crippen LogP contribution in [0.2, 0.25) is 0 Å². The molecule has 0 atom stereocenters. The minimum Gasteiger partial charge on any atom is -0.460 e. The van der Waals surface area contributed by atoms with Crippen LogP contribution < -0.4 is 0 Å². The Kier molecular flexibility index (Phi) is 3.61. The van der Waals surface area contributed by atoms with Gasteiger partial charge < -0.3 is 4.74 Å². The number of tetrazole rings is 1. The van der Waals surface area contributed by atoms with Crippen molar-refractivity contribution in [1.82, 2.24) is 25.2 Å². The Morgan fingerprint density at radius 3 is 3.00 bits per heavy atom. The lowest BCUT2D eigenvalue weighted by molar-refractivity contribution is 0.0505. The van der Waals surface area contributed by atoms with Gasteiger partial charge in [0.2, 0.25) is 0 Å². The first kappa shape index (κ1) is 12.2. The number of hydrogen-bond acceptors (Lipinski definition) is 6. The molecule has 0 aliphatic carbocycles. The Morgan fingerprint density at radius 2 is 2.28 bits per heavy atom. The number of rotatable bonds is 4. The highest BCUT2D eigenvalue weighted by molar-refractivity contribution is 5.85. The normalized spacial score (nSPS) is 10.3. The maximum atomic E-state index is 11.6. The highest BCUT2D eigenvalue weighted by atomic mass is 16.5. The Balaban J connectivity index is 2.20. The molecular weight excluding hydrogens is 234 g/mol. The third kappa shape index (κ3) is 2.68. The van der Waals surface area contributed by atoms with E-state index >= 15 is 0 Å². The van der Waals surface area contributed by atoms with Crippen molar-refractivity contribution in [2.75, 3.05) is 6.61 Å². The van der Waals surface area contributed by atoms with Gasteiger partial charge in [-0.1, -0.05) is 6.07 Å². The number of hydrogen-bond donors (Lipinski definition) is 0. The van der Waals surface area contributed by atoms with E-state index in [0.29, 0.717) is 6.54 Å². The zero-order valence-electron chi connectivity index (χ0n) is 10.2. The second-order valence-corrected chi connectivity index (χ2v) is 3.75. The fourth-order valence-corrected chi connectivity index (χ4v) is 1.53. The number of nitrogens with zero attached hydrogens (tertiary/aromatic N) is 5. The third-order valence-electron chi connectivity index (χ3n) is 2.25. The van der Waals surface area contributed by atoms with Gasteiger partial charge in [0.15, 0.2) is 0 Å². The SMILES string of the molecule is CCOC(=O)c1nnnn1Cc1cncc(C)c1. The van der Waals surface area contributed by atoms with E-state index in [-0.39, 0.29) is 12.4 Å². The van der Waals surface area contributed by atoms with E-state index in [1.165, 1.54) is 4.68 Å². The smallest absolute Gasteiger partial charge is 0.378 e. The van der Waals surface area contributed by atoms with E-state index in [1.807, 2.05) is 13.0 Å². The summed E-state index contributed by atoms with van der Waals surface area (Å²) in [4.78, 5) is 15.7. The summed E-state index contributed by atoms with van der Waals surface area (Å²) in [5.74, 6) is -0.429. The van der Waals surface area contributed by atoms with Gasteiger partial charge in [-0.3, -0.25) is 4.98 Å². The topological polar surface area (TPSA) is 82.8 Å². The number of ether oxygens (including phenoxy) is 1. The molecule has 0 spiro atoms. The fraction of sp³-hybridized carbons (Fsp3) is 0.364. The highest BCUT2D eigenvalue weighted by Crippen LogP contribution is 2.05. The molecule has 0 fully saturated rings. The molecule has 2 rings (SSSR count). The van der Waals surface area contributed by atoms with Crippen LogP contribution in [-0.2, 0) is 11.3 Å². The van der Waals surface area contributed by atoms with Crippen molar-refractivity contribution in [1.29, 1.82) is 0 Å². The Morgan fingerprint density at radius 1 is 1.44 bits per heavy atom. The van der Waals surface area contributed by atoms with Crippen LogP contribution in [0.4, 0.5) is 0 Å². The molecule has 0 amide bonds. The van der Waals surface area contributed by atoms with Crippen LogP contribution in [0.3, 0.4) is 0 Å². The third-order valence-corrected chi connectivity index (χ3v) is 2.25. The van der Waals surface area contributed by atoms with Crippen molar-refractivity contribution in [3.8, 4) is 0 Å². The summed E-state index contributed by atoms with van der Waals surface area (Å²) >= 11 is 0. The van der Waals surface area contributed by atoms with Gasteiger partial charge in [-0.05, 0) is 35.4 Å². The molecule has 94 valence electrons. The number of aryl methyl sites for hydroxylation is 1. The van der Waals surface area contributed by atoms with Gasteiger partial charge >= 0.3 is 5.97 Å². The van der Waals surface area contributed by atoms with E-state index in [1.54, 1.807) is 19.3 Å². The zero-order valence-corrected chi connectivity index (χ0v) is 10.2. The zero-order chi connectivity index (χ0) is 13.0. The Bertz CT molecular complexity index is 552. The van der Waals surface area contributed by atoms with Crippen LogP contribution >= 0.6 is 0 Å². The van der Waals surface area contributed by atoms with Crippen molar-refractivity contribution < 1.29 is 9.53 Å². The van der Waals surface area contributed by atoms with Crippen LogP contribution in [0, 0.1) is 6.92 Å². The first-order valence-electron chi connectivity index (χ1n) is 5.54. The molecule has 0 aromatic carbocycles. The molecule has 0 aliphatic rings. The Labute approximate surface area is 104 Å². The predicted molar refractivity (Wildman–Crippen MR) is 61.8 cm³/mol. The van der Waals surface area contributed by atoms with Crippen LogP contribution in [0.1, 0.15) is 28.7 Å². The standard InChI is InChI=1S/C11H13N5O2/c1-3-18-11(17)10-13-14-15-16(10)7-9-4-8(2)5-12-6-9/h4-6H,3,7H2,1-2H3.